The zero-order valence-electron chi connectivity index (χ0n) is 15.7. The van der Waals surface area contributed by atoms with Gasteiger partial charge < -0.3 is 19.9 Å². The Morgan fingerprint density at radius 2 is 1.97 bits per heavy atom. The highest BCUT2D eigenvalue weighted by Gasteiger charge is 2.20. The molecule has 0 saturated carbocycles. The monoisotopic (exact) mass is 397 g/mol. The van der Waals surface area contributed by atoms with Crippen LogP contribution >= 0.6 is 0 Å². The average molecular weight is 397 g/mol. The summed E-state index contributed by atoms with van der Waals surface area (Å²) in [4.78, 5) is 17.6. The molecule has 2 N–H and O–H groups in total. The van der Waals surface area contributed by atoms with Crippen LogP contribution in [0.25, 0.3) is 16.5 Å². The number of nitrogens with zero attached hydrogens (tertiary/aromatic N) is 1. The number of halogens is 2. The second-order valence-electron chi connectivity index (χ2n) is 6.80. The third kappa shape index (κ3) is 4.23. The number of H-pyrrole nitrogens is 1. The normalized spacial score (nSPS) is 14.2. The maximum atomic E-state index is 12.6. The zero-order chi connectivity index (χ0) is 20.2. The number of alkyl halides is 2. The van der Waals surface area contributed by atoms with E-state index in [1.54, 1.807) is 29.2 Å². The largest absolute Gasteiger partial charge is 0.485 e. The maximum absolute atomic E-state index is 12.6. The molecule has 0 unspecified atom stereocenters. The molecule has 0 saturated heterocycles. The molecule has 2 heterocycles. The van der Waals surface area contributed by atoms with Crippen LogP contribution in [0, 0.1) is 0 Å². The number of aromatic nitrogens is 1. The minimum atomic E-state index is -2.58. The Hall–Kier alpha value is -3.35. The summed E-state index contributed by atoms with van der Waals surface area (Å²) in [6, 6.07) is 14.4. The number of carbonyl (C=O) groups excluding carboxylic acids is 1. The van der Waals surface area contributed by atoms with Crippen LogP contribution in [-0.4, -0.2) is 42.0 Å². The molecule has 5 nitrogen and oxygen atoms in total. The number of hydrogen-bond donors (Lipinski definition) is 2. The van der Waals surface area contributed by atoms with Crippen molar-refractivity contribution in [1.82, 2.24) is 9.88 Å². The molecule has 1 aromatic heterocycles. The fourth-order valence-electron chi connectivity index (χ4n) is 3.48. The van der Waals surface area contributed by atoms with E-state index in [-0.39, 0.29) is 11.8 Å². The summed E-state index contributed by atoms with van der Waals surface area (Å²) in [6.07, 6.45) is 2.22. The summed E-state index contributed by atoms with van der Waals surface area (Å²) in [5.41, 5.74) is 3.83. The summed E-state index contributed by atoms with van der Waals surface area (Å²) in [5.74, 6) is 0.230. The Morgan fingerprint density at radius 3 is 2.76 bits per heavy atom. The Kier molecular flexibility index (Phi) is 5.46. The summed E-state index contributed by atoms with van der Waals surface area (Å²) < 4.78 is 29.9. The van der Waals surface area contributed by atoms with Crippen LogP contribution in [0.1, 0.15) is 12.0 Å². The lowest BCUT2D eigenvalue weighted by molar-refractivity contribution is 0.0822. The van der Waals surface area contributed by atoms with Gasteiger partial charge >= 0.3 is 6.03 Å². The van der Waals surface area contributed by atoms with Crippen molar-refractivity contribution < 1.29 is 18.3 Å². The molecule has 0 aliphatic carbocycles. The van der Waals surface area contributed by atoms with Crippen molar-refractivity contribution >= 4 is 28.2 Å². The average Bonchev–Trinajstić information content (AvgIpc) is 3.17. The lowest BCUT2D eigenvalue weighted by Gasteiger charge is -2.27. The molecule has 2 aromatic carbocycles. The minimum Gasteiger partial charge on any atom is -0.485 e. The fourth-order valence-corrected chi connectivity index (χ4v) is 3.48. The van der Waals surface area contributed by atoms with E-state index < -0.39 is 13.0 Å². The van der Waals surface area contributed by atoms with Crippen molar-refractivity contribution in [3.05, 3.63) is 66.4 Å². The lowest BCUT2D eigenvalue weighted by Crippen LogP contribution is -2.38. The van der Waals surface area contributed by atoms with Gasteiger partial charge in [-0.3, -0.25) is 0 Å². The molecule has 7 heteroatoms. The Bertz CT molecular complexity index is 1050. The first-order valence-electron chi connectivity index (χ1n) is 9.43. The summed E-state index contributed by atoms with van der Waals surface area (Å²) >= 11 is 0. The van der Waals surface area contributed by atoms with Crippen LogP contribution in [0.3, 0.4) is 0 Å². The molecule has 0 spiro atoms. The van der Waals surface area contributed by atoms with Gasteiger partial charge in [0.1, 0.15) is 12.4 Å². The number of aromatic amines is 1. The summed E-state index contributed by atoms with van der Waals surface area (Å²) in [7, 11) is 0. The van der Waals surface area contributed by atoms with E-state index in [1.807, 2.05) is 24.4 Å². The molecular weight excluding hydrogens is 376 g/mol. The predicted molar refractivity (Wildman–Crippen MR) is 109 cm³/mol. The topological polar surface area (TPSA) is 57.4 Å². The van der Waals surface area contributed by atoms with E-state index in [1.165, 1.54) is 11.0 Å². The molecule has 2 amide bonds. The first kappa shape index (κ1) is 19.0. The molecule has 150 valence electrons. The fraction of sp³-hybridized carbons (Fsp3) is 0.227. The molecule has 3 aromatic rings. The van der Waals surface area contributed by atoms with E-state index in [0.717, 1.165) is 17.5 Å². The highest BCUT2D eigenvalue weighted by Crippen LogP contribution is 2.30. The smallest absolute Gasteiger partial charge is 0.322 e. The van der Waals surface area contributed by atoms with Crippen molar-refractivity contribution in [2.24, 2.45) is 0 Å². The van der Waals surface area contributed by atoms with Crippen LogP contribution in [0.15, 0.2) is 60.8 Å². The van der Waals surface area contributed by atoms with Crippen LogP contribution in [0.2, 0.25) is 0 Å². The molecule has 0 atom stereocenters. The van der Waals surface area contributed by atoms with Crippen LogP contribution in [-0.2, 0) is 0 Å². The second kappa shape index (κ2) is 8.34. The number of anilines is 1. The van der Waals surface area contributed by atoms with Crippen molar-refractivity contribution in [1.29, 1.82) is 0 Å². The van der Waals surface area contributed by atoms with Gasteiger partial charge in [-0.05, 0) is 30.2 Å². The van der Waals surface area contributed by atoms with Crippen molar-refractivity contribution in [3.8, 4) is 5.75 Å². The molecule has 4 rings (SSSR count). The maximum Gasteiger partial charge on any atom is 0.322 e. The number of fused-ring (bicyclic) bond motifs is 1. The number of para-hydroxylation sites is 3. The molecule has 1 aliphatic heterocycles. The van der Waals surface area contributed by atoms with Gasteiger partial charge in [-0.25, -0.2) is 13.6 Å². The van der Waals surface area contributed by atoms with E-state index in [4.69, 9.17) is 4.74 Å². The third-order valence-corrected chi connectivity index (χ3v) is 4.93. The van der Waals surface area contributed by atoms with Crippen molar-refractivity contribution in [3.63, 3.8) is 0 Å². The van der Waals surface area contributed by atoms with Crippen LogP contribution < -0.4 is 10.1 Å². The van der Waals surface area contributed by atoms with Crippen molar-refractivity contribution in [2.75, 3.05) is 25.0 Å². The number of nitrogens with one attached hydrogen (secondary N) is 2. The molecular formula is C22H21F2N3O2. The van der Waals surface area contributed by atoms with E-state index >= 15 is 0 Å². The van der Waals surface area contributed by atoms with E-state index in [0.29, 0.717) is 18.8 Å². The SMILES string of the molecule is O=C(Nc1ccccc1OCC(F)F)N1CC=C(c2c[nH]c3ccccc23)CC1. The second-order valence-corrected chi connectivity index (χ2v) is 6.80. The lowest BCUT2D eigenvalue weighted by atomic mass is 9.99. The Labute approximate surface area is 167 Å². The quantitative estimate of drug-likeness (QED) is 0.627. The first-order valence-corrected chi connectivity index (χ1v) is 9.43. The predicted octanol–water partition coefficient (Wildman–Crippen LogP) is 5.13. The number of benzene rings is 2. The van der Waals surface area contributed by atoms with Crippen LogP contribution in [0.4, 0.5) is 19.3 Å². The van der Waals surface area contributed by atoms with Gasteiger partial charge in [-0.1, -0.05) is 36.4 Å². The number of ether oxygens (including phenoxy) is 1. The minimum absolute atomic E-state index is 0.230. The van der Waals surface area contributed by atoms with Gasteiger partial charge in [0.05, 0.1) is 5.69 Å². The molecule has 0 bridgehead atoms. The highest BCUT2D eigenvalue weighted by molar-refractivity contribution is 5.94. The number of rotatable bonds is 5. The van der Waals surface area contributed by atoms with Gasteiger partial charge in [0.15, 0.2) is 0 Å². The number of carbonyl (C=O) groups is 1. The van der Waals surface area contributed by atoms with Crippen LogP contribution in [0.5, 0.6) is 5.75 Å². The highest BCUT2D eigenvalue weighted by atomic mass is 19.3. The molecule has 0 radical (unpaired) electrons. The number of amides is 2. The molecule has 1 aliphatic rings. The van der Waals surface area contributed by atoms with Gasteiger partial charge in [0.25, 0.3) is 6.43 Å². The summed E-state index contributed by atoms with van der Waals surface area (Å²) in [6.45, 7) is 0.325. The van der Waals surface area contributed by atoms with E-state index in [2.05, 4.69) is 22.4 Å². The van der Waals surface area contributed by atoms with Gasteiger partial charge in [0, 0.05) is 35.8 Å². The van der Waals surface area contributed by atoms with E-state index in [9.17, 15) is 13.6 Å². The summed E-state index contributed by atoms with van der Waals surface area (Å²) in [5, 5.41) is 3.93. The van der Waals surface area contributed by atoms with Gasteiger partial charge in [0.2, 0.25) is 0 Å². The van der Waals surface area contributed by atoms with Crippen molar-refractivity contribution in [2.45, 2.75) is 12.8 Å². The number of hydrogen-bond acceptors (Lipinski definition) is 2. The standard InChI is InChI=1S/C22H21F2N3O2/c23-21(24)14-29-20-8-4-3-7-19(20)26-22(28)27-11-9-15(10-12-27)17-13-25-18-6-2-1-5-16(17)18/h1-9,13,21,25H,10-12,14H2,(H,26,28). The van der Waals surface area contributed by atoms with Gasteiger partial charge in [-0.2, -0.15) is 0 Å². The molecule has 29 heavy (non-hydrogen) atoms. The first-order chi connectivity index (χ1) is 14.1. The Balaban J connectivity index is 1.43. The number of urea groups is 1. The third-order valence-electron chi connectivity index (χ3n) is 4.93. The Morgan fingerprint density at radius 1 is 1.17 bits per heavy atom. The van der Waals surface area contributed by atoms with Gasteiger partial charge in [-0.15, -0.1) is 0 Å². The zero-order valence-corrected chi connectivity index (χ0v) is 15.7. The molecule has 0 fully saturated rings.